The van der Waals surface area contributed by atoms with Gasteiger partial charge in [-0.3, -0.25) is 4.57 Å². The van der Waals surface area contributed by atoms with E-state index in [1.807, 2.05) is 0 Å². The zero-order valence-corrected chi connectivity index (χ0v) is 13.6. The van der Waals surface area contributed by atoms with Crippen molar-refractivity contribution in [1.29, 1.82) is 0 Å². The van der Waals surface area contributed by atoms with Gasteiger partial charge in [0.05, 0.1) is 25.3 Å². The Hall–Kier alpha value is -3.35. The van der Waals surface area contributed by atoms with Crippen LogP contribution >= 0.6 is 0 Å². The van der Waals surface area contributed by atoms with Gasteiger partial charge in [0.15, 0.2) is 11.6 Å². The average Bonchev–Trinajstić information content (AvgIpc) is 2.97. The molecule has 0 saturated heterocycles. The first-order chi connectivity index (χ1) is 12.1. The van der Waals surface area contributed by atoms with Gasteiger partial charge in [-0.2, -0.15) is 0 Å². The minimum atomic E-state index is -0.996. The number of carbonyl (C=O) groups is 2. The van der Waals surface area contributed by atoms with E-state index in [0.717, 1.165) is 0 Å². The summed E-state index contributed by atoms with van der Waals surface area (Å²) in [7, 11) is 2.51. The summed E-state index contributed by atoms with van der Waals surface area (Å²) in [6, 6.07) is 12.2. The number of fused-ring (bicyclic) bond motifs is 1. The van der Waals surface area contributed by atoms with Gasteiger partial charge in [0, 0.05) is 0 Å². The van der Waals surface area contributed by atoms with E-state index in [9.17, 15) is 14.4 Å². The van der Waals surface area contributed by atoms with Crippen LogP contribution in [0.2, 0.25) is 0 Å². The van der Waals surface area contributed by atoms with Crippen LogP contribution in [-0.2, 0) is 14.3 Å². The molecule has 7 nitrogen and oxygen atoms in total. The molecule has 128 valence electrons. The lowest BCUT2D eigenvalue weighted by Crippen LogP contribution is -2.28. The highest BCUT2D eigenvalue weighted by Crippen LogP contribution is 2.25. The van der Waals surface area contributed by atoms with Gasteiger partial charge < -0.3 is 13.9 Å². The lowest BCUT2D eigenvalue weighted by molar-refractivity contribution is -0.143. The van der Waals surface area contributed by atoms with Crippen LogP contribution in [-0.4, -0.2) is 30.7 Å². The largest absolute Gasteiger partial charge is 0.467 e. The predicted molar refractivity (Wildman–Crippen MR) is 88.4 cm³/mol. The van der Waals surface area contributed by atoms with Crippen molar-refractivity contribution in [2.75, 3.05) is 14.2 Å². The molecule has 25 heavy (non-hydrogen) atoms. The topological polar surface area (TPSA) is 87.7 Å². The van der Waals surface area contributed by atoms with E-state index >= 15 is 0 Å². The Bertz CT molecular complexity index is 986. The molecule has 0 radical (unpaired) electrons. The number of benzene rings is 2. The third kappa shape index (κ3) is 2.91. The first-order valence-electron chi connectivity index (χ1n) is 7.43. The molecule has 0 bridgehead atoms. The minimum absolute atomic E-state index is 0.178. The first kappa shape index (κ1) is 16.5. The van der Waals surface area contributed by atoms with Crippen LogP contribution in [0, 0.1) is 0 Å². The van der Waals surface area contributed by atoms with E-state index in [-0.39, 0.29) is 11.1 Å². The zero-order valence-electron chi connectivity index (χ0n) is 13.6. The van der Waals surface area contributed by atoms with Crippen molar-refractivity contribution in [3.63, 3.8) is 0 Å². The van der Waals surface area contributed by atoms with Crippen molar-refractivity contribution in [1.82, 2.24) is 4.57 Å². The molecule has 0 aliphatic rings. The number of aromatic nitrogens is 1. The molecule has 0 spiro atoms. The van der Waals surface area contributed by atoms with Gasteiger partial charge >= 0.3 is 17.7 Å². The minimum Gasteiger partial charge on any atom is -0.467 e. The van der Waals surface area contributed by atoms with Gasteiger partial charge in [-0.1, -0.05) is 30.3 Å². The fourth-order valence-electron chi connectivity index (χ4n) is 2.66. The molecule has 0 aliphatic carbocycles. The van der Waals surface area contributed by atoms with E-state index < -0.39 is 23.7 Å². The smallest absolute Gasteiger partial charge is 0.421 e. The number of oxazole rings is 1. The van der Waals surface area contributed by atoms with Crippen LogP contribution in [0.25, 0.3) is 11.1 Å². The summed E-state index contributed by atoms with van der Waals surface area (Å²) in [4.78, 5) is 36.4. The second-order valence-electron chi connectivity index (χ2n) is 5.25. The Morgan fingerprint density at radius 2 is 1.76 bits per heavy atom. The lowest BCUT2D eigenvalue weighted by atomic mass is 10.1. The van der Waals surface area contributed by atoms with Crippen molar-refractivity contribution in [3.05, 3.63) is 70.2 Å². The van der Waals surface area contributed by atoms with E-state index in [1.54, 1.807) is 30.3 Å². The van der Waals surface area contributed by atoms with Crippen molar-refractivity contribution < 1.29 is 23.5 Å². The quantitative estimate of drug-likeness (QED) is 0.676. The van der Waals surface area contributed by atoms with Crippen LogP contribution < -0.4 is 5.76 Å². The fraction of sp³-hybridized carbons (Fsp3) is 0.167. The Morgan fingerprint density at radius 3 is 2.40 bits per heavy atom. The maximum Gasteiger partial charge on any atom is 0.421 e. The van der Waals surface area contributed by atoms with Crippen LogP contribution in [0.3, 0.4) is 0 Å². The summed E-state index contributed by atoms with van der Waals surface area (Å²) < 4.78 is 15.9. The van der Waals surface area contributed by atoms with Crippen LogP contribution in [0.1, 0.15) is 22.0 Å². The third-order valence-electron chi connectivity index (χ3n) is 3.83. The molecule has 1 heterocycles. The molecule has 3 aromatic rings. The molecule has 0 saturated carbocycles. The summed E-state index contributed by atoms with van der Waals surface area (Å²) in [5, 5.41) is 0. The summed E-state index contributed by atoms with van der Waals surface area (Å²) >= 11 is 0. The van der Waals surface area contributed by atoms with Gasteiger partial charge in [0.1, 0.15) is 0 Å². The average molecular weight is 341 g/mol. The monoisotopic (exact) mass is 341 g/mol. The molecule has 1 unspecified atom stereocenters. The molecule has 1 atom stereocenters. The SMILES string of the molecule is COC(=O)c1ccc2c(c1)oc(=O)n2C(C(=O)OC)c1ccccc1. The van der Waals surface area contributed by atoms with E-state index in [4.69, 9.17) is 9.15 Å². The van der Waals surface area contributed by atoms with Gasteiger partial charge in [-0.05, 0) is 23.8 Å². The highest BCUT2D eigenvalue weighted by Gasteiger charge is 2.28. The highest BCUT2D eigenvalue weighted by atomic mass is 16.5. The van der Waals surface area contributed by atoms with Gasteiger partial charge in [-0.15, -0.1) is 0 Å². The molecule has 3 rings (SSSR count). The van der Waals surface area contributed by atoms with E-state index in [1.165, 1.54) is 37.0 Å². The summed E-state index contributed by atoms with van der Waals surface area (Å²) in [5.74, 6) is -1.88. The highest BCUT2D eigenvalue weighted by molar-refractivity contribution is 5.93. The normalized spacial score (nSPS) is 11.9. The number of carbonyl (C=O) groups excluding carboxylic acids is 2. The summed E-state index contributed by atoms with van der Waals surface area (Å²) in [6.07, 6.45) is 0. The number of hydrogen-bond donors (Lipinski definition) is 0. The summed E-state index contributed by atoms with van der Waals surface area (Å²) in [5.41, 5.74) is 1.37. The van der Waals surface area contributed by atoms with Crippen LogP contribution in [0.4, 0.5) is 0 Å². The van der Waals surface area contributed by atoms with E-state index in [2.05, 4.69) is 4.74 Å². The number of hydrogen-bond acceptors (Lipinski definition) is 6. The number of ether oxygens (including phenoxy) is 2. The Kier molecular flexibility index (Phi) is 4.38. The molecule has 1 aromatic heterocycles. The van der Waals surface area contributed by atoms with Crippen molar-refractivity contribution in [2.45, 2.75) is 6.04 Å². The van der Waals surface area contributed by atoms with Crippen molar-refractivity contribution >= 4 is 23.0 Å². The van der Waals surface area contributed by atoms with Crippen LogP contribution in [0.5, 0.6) is 0 Å². The number of methoxy groups -OCH3 is 2. The van der Waals surface area contributed by atoms with Gasteiger partial charge in [0.25, 0.3) is 0 Å². The van der Waals surface area contributed by atoms with E-state index in [0.29, 0.717) is 11.1 Å². The third-order valence-corrected chi connectivity index (χ3v) is 3.83. The molecule has 0 N–H and O–H groups in total. The molecular weight excluding hydrogens is 326 g/mol. The maximum absolute atomic E-state index is 12.4. The lowest BCUT2D eigenvalue weighted by Gasteiger charge is -2.16. The molecule has 2 aromatic carbocycles. The standard InChI is InChI=1S/C18H15NO6/c1-23-16(20)12-8-9-13-14(10-12)25-18(22)19(13)15(17(21)24-2)11-6-4-3-5-7-11/h3-10,15H,1-2H3. The molecular formula is C18H15NO6. The number of rotatable bonds is 4. The number of nitrogens with zero attached hydrogens (tertiary/aromatic N) is 1. The van der Waals surface area contributed by atoms with Crippen molar-refractivity contribution in [3.8, 4) is 0 Å². The van der Waals surface area contributed by atoms with Gasteiger partial charge in [0.2, 0.25) is 0 Å². The van der Waals surface area contributed by atoms with Crippen molar-refractivity contribution in [2.24, 2.45) is 0 Å². The predicted octanol–water partition coefficient (Wildman–Crippen LogP) is 2.14. The zero-order chi connectivity index (χ0) is 18.0. The van der Waals surface area contributed by atoms with Crippen LogP contribution in [0.15, 0.2) is 57.7 Å². The molecule has 0 amide bonds. The number of esters is 2. The Labute approximate surface area is 142 Å². The Balaban J connectivity index is 2.21. The Morgan fingerprint density at radius 1 is 1.04 bits per heavy atom. The molecule has 7 heteroatoms. The first-order valence-corrected chi connectivity index (χ1v) is 7.43. The molecule has 0 aliphatic heterocycles. The summed E-state index contributed by atoms with van der Waals surface area (Å²) in [6.45, 7) is 0. The molecule has 0 fully saturated rings. The second-order valence-corrected chi connectivity index (χ2v) is 5.25. The maximum atomic E-state index is 12.4. The fourth-order valence-corrected chi connectivity index (χ4v) is 2.66. The van der Waals surface area contributed by atoms with Gasteiger partial charge in [-0.25, -0.2) is 14.4 Å². The second kappa shape index (κ2) is 6.64.